The molecule has 1 aromatic heterocycles. The van der Waals surface area contributed by atoms with Crippen molar-refractivity contribution >= 4 is 0 Å². The van der Waals surface area contributed by atoms with Crippen LogP contribution in [0.2, 0.25) is 0 Å². The van der Waals surface area contributed by atoms with Gasteiger partial charge in [-0.25, -0.2) is 0 Å². The summed E-state index contributed by atoms with van der Waals surface area (Å²) in [4.78, 5) is 0. The molecule has 1 aromatic rings. The lowest BCUT2D eigenvalue weighted by molar-refractivity contribution is 0.523. The van der Waals surface area contributed by atoms with Crippen LogP contribution in [0.15, 0.2) is 6.33 Å². The number of aromatic nitrogens is 3. The highest BCUT2D eigenvalue weighted by molar-refractivity contribution is 4.84. The van der Waals surface area contributed by atoms with Crippen molar-refractivity contribution in [3.8, 4) is 0 Å². The van der Waals surface area contributed by atoms with Crippen LogP contribution >= 0.6 is 0 Å². The first-order valence-corrected chi connectivity index (χ1v) is 5.31. The quantitative estimate of drug-likeness (QED) is 0.700. The monoisotopic (exact) mass is 196 g/mol. The Hall–Kier alpha value is -0.900. The summed E-state index contributed by atoms with van der Waals surface area (Å²) >= 11 is 0. The molecule has 0 atom stereocenters. The Balaban J connectivity index is 2.24. The van der Waals surface area contributed by atoms with Crippen molar-refractivity contribution in [1.82, 2.24) is 20.1 Å². The van der Waals surface area contributed by atoms with Crippen LogP contribution in [0.3, 0.4) is 0 Å². The maximum atomic E-state index is 4.05. The number of rotatable bonds is 6. The average Bonchev–Trinajstić information content (AvgIpc) is 2.59. The van der Waals surface area contributed by atoms with Crippen LogP contribution in [0.1, 0.15) is 33.0 Å². The third-order valence-corrected chi connectivity index (χ3v) is 2.22. The third-order valence-electron chi connectivity index (χ3n) is 2.22. The molecule has 0 saturated carbocycles. The lowest BCUT2D eigenvalue weighted by atomic mass is 10.1. The van der Waals surface area contributed by atoms with Gasteiger partial charge in [0.25, 0.3) is 0 Å². The van der Waals surface area contributed by atoms with Gasteiger partial charge in [-0.3, -0.25) is 0 Å². The van der Waals surface area contributed by atoms with Gasteiger partial charge >= 0.3 is 0 Å². The lowest BCUT2D eigenvalue weighted by Gasteiger charge is -2.07. The minimum atomic E-state index is 0.756. The van der Waals surface area contributed by atoms with Gasteiger partial charge in [-0.1, -0.05) is 13.8 Å². The predicted molar refractivity (Wildman–Crippen MR) is 56.9 cm³/mol. The van der Waals surface area contributed by atoms with E-state index in [1.54, 1.807) is 6.33 Å². The normalized spacial score (nSPS) is 11.1. The van der Waals surface area contributed by atoms with Gasteiger partial charge < -0.3 is 9.88 Å². The van der Waals surface area contributed by atoms with Crippen molar-refractivity contribution in [2.75, 3.05) is 6.54 Å². The Morgan fingerprint density at radius 2 is 2.29 bits per heavy atom. The summed E-state index contributed by atoms with van der Waals surface area (Å²) in [6.07, 6.45) is 2.99. The number of nitrogens with one attached hydrogen (secondary N) is 1. The van der Waals surface area contributed by atoms with Gasteiger partial charge in [0, 0.05) is 6.54 Å². The summed E-state index contributed by atoms with van der Waals surface area (Å²) in [6, 6.07) is 0. The molecule has 80 valence electrons. The Labute approximate surface area is 85.7 Å². The first-order chi connectivity index (χ1) is 6.74. The van der Waals surface area contributed by atoms with Gasteiger partial charge in [-0.05, 0) is 25.8 Å². The highest BCUT2D eigenvalue weighted by Gasteiger charge is 2.01. The van der Waals surface area contributed by atoms with E-state index in [1.807, 2.05) is 0 Å². The van der Waals surface area contributed by atoms with Crippen LogP contribution in [0.25, 0.3) is 0 Å². The fourth-order valence-electron chi connectivity index (χ4n) is 1.27. The molecule has 1 rings (SSSR count). The van der Waals surface area contributed by atoms with Crippen molar-refractivity contribution in [3.05, 3.63) is 12.2 Å². The first-order valence-electron chi connectivity index (χ1n) is 5.31. The van der Waals surface area contributed by atoms with Crippen molar-refractivity contribution < 1.29 is 0 Å². The van der Waals surface area contributed by atoms with Gasteiger partial charge in [0.1, 0.15) is 12.2 Å². The van der Waals surface area contributed by atoms with E-state index in [1.165, 1.54) is 6.42 Å². The van der Waals surface area contributed by atoms with Gasteiger partial charge in [0.2, 0.25) is 0 Å². The van der Waals surface area contributed by atoms with E-state index in [0.29, 0.717) is 0 Å². The second-order valence-corrected chi connectivity index (χ2v) is 3.89. The molecule has 0 saturated heterocycles. The SMILES string of the molecule is CCn1cnnc1CNCCC(C)C. The molecule has 0 radical (unpaired) electrons. The van der Waals surface area contributed by atoms with E-state index in [2.05, 4.69) is 40.9 Å². The molecule has 0 fully saturated rings. The van der Waals surface area contributed by atoms with Crippen molar-refractivity contribution in [3.63, 3.8) is 0 Å². The third kappa shape index (κ3) is 3.46. The van der Waals surface area contributed by atoms with Crippen LogP contribution in [-0.2, 0) is 13.1 Å². The summed E-state index contributed by atoms with van der Waals surface area (Å²) in [6.45, 7) is 9.37. The molecule has 1 N–H and O–H groups in total. The number of nitrogens with zero attached hydrogens (tertiary/aromatic N) is 3. The van der Waals surface area contributed by atoms with Crippen LogP contribution in [0, 0.1) is 5.92 Å². The molecule has 0 aliphatic carbocycles. The second-order valence-electron chi connectivity index (χ2n) is 3.89. The van der Waals surface area contributed by atoms with Gasteiger partial charge in [0.05, 0.1) is 6.54 Å². The van der Waals surface area contributed by atoms with Gasteiger partial charge in [-0.2, -0.15) is 0 Å². The van der Waals surface area contributed by atoms with Crippen molar-refractivity contribution in [2.45, 2.75) is 40.3 Å². The molecule has 14 heavy (non-hydrogen) atoms. The zero-order valence-corrected chi connectivity index (χ0v) is 9.32. The summed E-state index contributed by atoms with van der Waals surface area (Å²) in [5, 5.41) is 11.3. The largest absolute Gasteiger partial charge is 0.317 e. The molecule has 4 nitrogen and oxygen atoms in total. The molecule has 0 bridgehead atoms. The zero-order chi connectivity index (χ0) is 10.4. The van der Waals surface area contributed by atoms with E-state index < -0.39 is 0 Å². The van der Waals surface area contributed by atoms with E-state index in [0.717, 1.165) is 31.4 Å². The molecule has 0 unspecified atom stereocenters. The fourth-order valence-corrected chi connectivity index (χ4v) is 1.27. The number of hydrogen-bond acceptors (Lipinski definition) is 3. The van der Waals surface area contributed by atoms with Crippen molar-refractivity contribution in [1.29, 1.82) is 0 Å². The molecule has 1 heterocycles. The van der Waals surface area contributed by atoms with Crippen molar-refractivity contribution in [2.24, 2.45) is 5.92 Å². The summed E-state index contributed by atoms with van der Waals surface area (Å²) < 4.78 is 2.06. The highest BCUT2D eigenvalue weighted by Crippen LogP contribution is 1.98. The number of hydrogen-bond donors (Lipinski definition) is 1. The summed E-state index contributed by atoms with van der Waals surface area (Å²) in [5.41, 5.74) is 0. The van der Waals surface area contributed by atoms with E-state index in [4.69, 9.17) is 0 Å². The second kappa shape index (κ2) is 5.75. The highest BCUT2D eigenvalue weighted by atomic mass is 15.3. The molecular formula is C10H20N4. The molecule has 0 aliphatic heterocycles. The molecule has 0 aromatic carbocycles. The van der Waals surface area contributed by atoms with E-state index in [9.17, 15) is 0 Å². The number of aryl methyl sites for hydroxylation is 1. The smallest absolute Gasteiger partial charge is 0.146 e. The molecule has 4 heteroatoms. The topological polar surface area (TPSA) is 42.7 Å². The Bertz CT molecular complexity index is 254. The zero-order valence-electron chi connectivity index (χ0n) is 9.32. The predicted octanol–water partition coefficient (Wildman–Crippen LogP) is 1.43. The minimum absolute atomic E-state index is 0.756. The maximum Gasteiger partial charge on any atom is 0.146 e. The fraction of sp³-hybridized carbons (Fsp3) is 0.800. The Morgan fingerprint density at radius 1 is 1.50 bits per heavy atom. The Kier molecular flexibility index (Phi) is 4.59. The van der Waals surface area contributed by atoms with Crippen LogP contribution in [-0.4, -0.2) is 21.3 Å². The molecule has 0 amide bonds. The first kappa shape index (κ1) is 11.2. The van der Waals surface area contributed by atoms with Gasteiger partial charge in [0.15, 0.2) is 0 Å². The average molecular weight is 196 g/mol. The van der Waals surface area contributed by atoms with E-state index >= 15 is 0 Å². The summed E-state index contributed by atoms with van der Waals surface area (Å²) in [5.74, 6) is 1.78. The standard InChI is InChI=1S/C10H20N4/c1-4-14-8-12-13-10(14)7-11-6-5-9(2)3/h8-9,11H,4-7H2,1-3H3. The van der Waals surface area contributed by atoms with Gasteiger partial charge in [-0.15, -0.1) is 10.2 Å². The molecule has 0 spiro atoms. The maximum absolute atomic E-state index is 4.05. The lowest BCUT2D eigenvalue weighted by Crippen LogP contribution is -2.19. The van der Waals surface area contributed by atoms with Crippen LogP contribution in [0.4, 0.5) is 0 Å². The molecule has 0 aliphatic rings. The summed E-state index contributed by atoms with van der Waals surface area (Å²) in [7, 11) is 0. The van der Waals surface area contributed by atoms with E-state index in [-0.39, 0.29) is 0 Å². The molecular weight excluding hydrogens is 176 g/mol. The van der Waals surface area contributed by atoms with Crippen LogP contribution in [0.5, 0.6) is 0 Å². The van der Waals surface area contributed by atoms with Crippen LogP contribution < -0.4 is 5.32 Å². The Morgan fingerprint density at radius 3 is 2.93 bits per heavy atom. The minimum Gasteiger partial charge on any atom is -0.317 e.